The molecule has 2 aromatic carbocycles. The van der Waals surface area contributed by atoms with Crippen LogP contribution in [0.1, 0.15) is 5.56 Å². The summed E-state index contributed by atoms with van der Waals surface area (Å²) in [6.45, 7) is 0. The molecule has 0 spiro atoms. The Labute approximate surface area is 137 Å². The maximum atomic E-state index is 12.9. The molecule has 0 atom stereocenters. The molecule has 1 N–H and O–H groups in total. The number of nitrogens with one attached hydrogen (secondary N) is 1. The Hall–Kier alpha value is -2.80. The molecule has 116 valence electrons. The van der Waals surface area contributed by atoms with E-state index in [1.807, 2.05) is 24.3 Å². The number of aromatic nitrogens is 3. The summed E-state index contributed by atoms with van der Waals surface area (Å²) in [6.07, 6.45) is 1.59. The Morgan fingerprint density at radius 1 is 1.26 bits per heavy atom. The lowest BCUT2D eigenvalue weighted by Crippen LogP contribution is -1.95. The van der Waals surface area contributed by atoms with E-state index in [2.05, 4.69) is 15.3 Å². The third-order valence-electron chi connectivity index (χ3n) is 3.17. The van der Waals surface area contributed by atoms with Crippen LogP contribution in [0.5, 0.6) is 5.75 Å². The Kier molecular flexibility index (Phi) is 4.29. The average molecular weight is 328 g/mol. The molecule has 0 radical (unpaired) electrons. The molecular weight excluding hydrogens is 315 g/mol. The molecule has 0 amide bonds. The lowest BCUT2D eigenvalue weighted by atomic mass is 10.2. The molecule has 0 aliphatic heterocycles. The molecule has 5 nitrogen and oxygen atoms in total. The third-order valence-corrected chi connectivity index (χ3v) is 3.43. The van der Waals surface area contributed by atoms with Crippen molar-refractivity contribution in [3.63, 3.8) is 0 Å². The van der Waals surface area contributed by atoms with Gasteiger partial charge in [-0.25, -0.2) is 9.49 Å². The van der Waals surface area contributed by atoms with Crippen molar-refractivity contribution < 1.29 is 9.13 Å². The highest BCUT2D eigenvalue weighted by Gasteiger charge is 2.08. The minimum atomic E-state index is -0.292. The van der Waals surface area contributed by atoms with Gasteiger partial charge in [-0.15, -0.1) is 0 Å². The molecule has 23 heavy (non-hydrogen) atoms. The number of halogens is 1. The van der Waals surface area contributed by atoms with Crippen LogP contribution in [0.3, 0.4) is 0 Å². The summed E-state index contributed by atoms with van der Waals surface area (Å²) >= 11 is 5.21. The van der Waals surface area contributed by atoms with Crippen LogP contribution in [0.2, 0.25) is 0 Å². The minimum Gasteiger partial charge on any atom is -0.497 e. The molecule has 0 unspecified atom stereocenters. The standard InChI is InChI=1S/C16H13FN4OS/c1-22-14-4-2-3-12(9-14)15-19-20-16(23)21(15)18-10-11-5-7-13(17)8-6-11/h2-10H,1H3,(H,20,23)/b18-10+. The zero-order valence-corrected chi connectivity index (χ0v) is 13.0. The minimum absolute atomic E-state index is 0.292. The number of hydrogen-bond donors (Lipinski definition) is 1. The van der Waals surface area contributed by atoms with Crippen molar-refractivity contribution in [3.8, 4) is 17.1 Å². The highest BCUT2D eigenvalue weighted by atomic mass is 32.1. The van der Waals surface area contributed by atoms with Gasteiger partial charge in [0.25, 0.3) is 0 Å². The Balaban J connectivity index is 1.98. The summed E-state index contributed by atoms with van der Waals surface area (Å²) in [5, 5.41) is 11.3. The van der Waals surface area contributed by atoms with Crippen molar-refractivity contribution in [2.45, 2.75) is 0 Å². The third kappa shape index (κ3) is 3.35. The van der Waals surface area contributed by atoms with E-state index in [9.17, 15) is 4.39 Å². The second kappa shape index (κ2) is 6.53. The lowest BCUT2D eigenvalue weighted by Gasteiger charge is -2.03. The fourth-order valence-corrected chi connectivity index (χ4v) is 2.20. The average Bonchev–Trinajstić information content (AvgIpc) is 2.95. The molecule has 1 aromatic heterocycles. The second-order valence-electron chi connectivity index (χ2n) is 4.69. The number of benzene rings is 2. The Morgan fingerprint density at radius 3 is 2.78 bits per heavy atom. The topological polar surface area (TPSA) is 55.2 Å². The van der Waals surface area contributed by atoms with E-state index in [1.54, 1.807) is 25.5 Å². The van der Waals surface area contributed by atoms with Crippen LogP contribution in [0.15, 0.2) is 53.6 Å². The maximum Gasteiger partial charge on any atom is 0.216 e. The van der Waals surface area contributed by atoms with Gasteiger partial charge in [0.1, 0.15) is 11.6 Å². The van der Waals surface area contributed by atoms with E-state index in [0.717, 1.165) is 11.1 Å². The molecule has 1 heterocycles. The van der Waals surface area contributed by atoms with Crippen LogP contribution in [-0.4, -0.2) is 28.2 Å². The maximum absolute atomic E-state index is 12.9. The summed E-state index contributed by atoms with van der Waals surface area (Å²) in [5.41, 5.74) is 1.57. The number of hydrogen-bond acceptors (Lipinski definition) is 4. The van der Waals surface area contributed by atoms with Gasteiger partial charge in [-0.3, -0.25) is 0 Å². The predicted molar refractivity (Wildman–Crippen MR) is 88.8 cm³/mol. The number of ether oxygens (including phenoxy) is 1. The van der Waals surface area contributed by atoms with Gasteiger partial charge in [-0.2, -0.15) is 14.9 Å². The predicted octanol–water partition coefficient (Wildman–Crippen LogP) is 3.64. The van der Waals surface area contributed by atoms with Gasteiger partial charge in [-0.05, 0) is 42.0 Å². The van der Waals surface area contributed by atoms with E-state index in [4.69, 9.17) is 17.0 Å². The smallest absolute Gasteiger partial charge is 0.216 e. The monoisotopic (exact) mass is 328 g/mol. The zero-order chi connectivity index (χ0) is 16.2. The van der Waals surface area contributed by atoms with E-state index in [-0.39, 0.29) is 5.82 Å². The first-order valence-electron chi connectivity index (χ1n) is 6.79. The summed E-state index contributed by atoms with van der Waals surface area (Å²) in [6, 6.07) is 13.4. The largest absolute Gasteiger partial charge is 0.497 e. The van der Waals surface area contributed by atoms with Gasteiger partial charge in [-0.1, -0.05) is 24.3 Å². The number of H-pyrrole nitrogens is 1. The van der Waals surface area contributed by atoms with Crippen LogP contribution in [-0.2, 0) is 0 Å². The van der Waals surface area contributed by atoms with Gasteiger partial charge >= 0.3 is 0 Å². The Morgan fingerprint density at radius 2 is 2.04 bits per heavy atom. The summed E-state index contributed by atoms with van der Waals surface area (Å²) in [7, 11) is 1.60. The zero-order valence-electron chi connectivity index (χ0n) is 12.2. The molecule has 0 aliphatic rings. The van der Waals surface area contributed by atoms with E-state index < -0.39 is 0 Å². The Bertz CT molecular complexity index is 899. The van der Waals surface area contributed by atoms with Gasteiger partial charge in [0.15, 0.2) is 5.82 Å². The summed E-state index contributed by atoms with van der Waals surface area (Å²) in [4.78, 5) is 0. The number of aromatic amines is 1. The number of nitrogens with zero attached hydrogens (tertiary/aromatic N) is 3. The molecule has 0 bridgehead atoms. The molecule has 7 heteroatoms. The molecule has 0 aliphatic carbocycles. The van der Waals surface area contributed by atoms with Crippen molar-refractivity contribution in [1.29, 1.82) is 0 Å². The summed E-state index contributed by atoms with van der Waals surface area (Å²) < 4.78 is 20.0. The van der Waals surface area contributed by atoms with Crippen LogP contribution < -0.4 is 4.74 Å². The first kappa shape index (κ1) is 15.1. The molecular formula is C16H13FN4OS. The SMILES string of the molecule is COc1cccc(-c2n[nH]c(=S)n2/N=C/c2ccc(F)cc2)c1. The van der Waals surface area contributed by atoms with Gasteiger partial charge in [0.05, 0.1) is 13.3 Å². The van der Waals surface area contributed by atoms with Crippen LogP contribution in [0.25, 0.3) is 11.4 Å². The van der Waals surface area contributed by atoms with Crippen LogP contribution in [0, 0.1) is 10.6 Å². The van der Waals surface area contributed by atoms with E-state index in [0.29, 0.717) is 16.3 Å². The normalized spacial score (nSPS) is 11.0. The molecule has 3 aromatic rings. The van der Waals surface area contributed by atoms with Crippen molar-refractivity contribution in [1.82, 2.24) is 14.9 Å². The van der Waals surface area contributed by atoms with Crippen molar-refractivity contribution in [3.05, 3.63) is 64.7 Å². The summed E-state index contributed by atoms with van der Waals surface area (Å²) in [5.74, 6) is 0.983. The first-order chi connectivity index (χ1) is 11.2. The van der Waals surface area contributed by atoms with Crippen LogP contribution >= 0.6 is 12.2 Å². The second-order valence-corrected chi connectivity index (χ2v) is 5.08. The number of rotatable bonds is 4. The highest BCUT2D eigenvalue weighted by molar-refractivity contribution is 7.71. The van der Waals surface area contributed by atoms with Crippen molar-refractivity contribution >= 4 is 18.4 Å². The van der Waals surface area contributed by atoms with Gasteiger partial charge in [0.2, 0.25) is 4.77 Å². The molecule has 0 fully saturated rings. The van der Waals surface area contributed by atoms with Crippen molar-refractivity contribution in [2.24, 2.45) is 5.10 Å². The van der Waals surface area contributed by atoms with Gasteiger partial charge < -0.3 is 4.74 Å². The van der Waals surface area contributed by atoms with Crippen molar-refractivity contribution in [2.75, 3.05) is 7.11 Å². The quantitative estimate of drug-likeness (QED) is 0.588. The highest BCUT2D eigenvalue weighted by Crippen LogP contribution is 2.22. The fourth-order valence-electron chi connectivity index (χ4n) is 2.02. The van der Waals surface area contributed by atoms with Gasteiger partial charge in [0, 0.05) is 5.56 Å². The first-order valence-corrected chi connectivity index (χ1v) is 7.20. The van der Waals surface area contributed by atoms with E-state index >= 15 is 0 Å². The molecule has 0 saturated carbocycles. The lowest BCUT2D eigenvalue weighted by molar-refractivity contribution is 0.415. The number of methoxy groups -OCH3 is 1. The fraction of sp³-hybridized carbons (Fsp3) is 0.0625. The van der Waals surface area contributed by atoms with E-state index in [1.165, 1.54) is 16.8 Å². The van der Waals surface area contributed by atoms with Crippen LogP contribution in [0.4, 0.5) is 4.39 Å². The molecule has 0 saturated heterocycles. The molecule has 3 rings (SSSR count).